The van der Waals surface area contributed by atoms with Crippen LogP contribution in [-0.4, -0.2) is 0 Å². The van der Waals surface area contributed by atoms with Crippen LogP contribution >= 0.6 is 0 Å². The van der Waals surface area contributed by atoms with Crippen molar-refractivity contribution in [3.05, 3.63) is 121 Å². The molecule has 0 unspecified atom stereocenters. The Balaban J connectivity index is 0.000000202. The van der Waals surface area contributed by atoms with Gasteiger partial charge in [0.25, 0.3) is 0 Å². The van der Waals surface area contributed by atoms with Crippen molar-refractivity contribution in [2.45, 2.75) is 0 Å². The molecule has 0 nitrogen and oxygen atoms in total. The average molecular weight is 519 g/mol. The summed E-state index contributed by atoms with van der Waals surface area (Å²) in [5.41, 5.74) is 2.58. The van der Waals surface area contributed by atoms with Crippen LogP contribution in [0.4, 0.5) is 0 Å². The molecule has 3 heteroatoms. The van der Waals surface area contributed by atoms with E-state index in [4.69, 9.17) is 0 Å². The van der Waals surface area contributed by atoms with Crippen molar-refractivity contribution < 1.29 is 51.0 Å². The molecule has 0 aliphatic carbocycles. The first-order valence-corrected chi connectivity index (χ1v) is 9.62. The Morgan fingerprint density at radius 1 is 0.516 bits per heavy atom. The molecule has 0 N–H and O–H groups in total. The van der Waals surface area contributed by atoms with Gasteiger partial charge < -0.3 is 24.8 Å². The Morgan fingerprint density at radius 3 is 1.65 bits per heavy atom. The van der Waals surface area contributed by atoms with Crippen LogP contribution in [0.25, 0.3) is 43.4 Å². The minimum Gasteiger partial charge on any atom is -1.00 e. The van der Waals surface area contributed by atoms with Gasteiger partial charge in [0.2, 0.25) is 0 Å². The van der Waals surface area contributed by atoms with Gasteiger partial charge in [-0.2, -0.15) is 12.1 Å². The third-order valence-corrected chi connectivity index (χ3v) is 5.27. The first kappa shape index (κ1) is 25.1. The maximum Gasteiger partial charge on any atom is 4.00 e. The van der Waals surface area contributed by atoms with Crippen molar-refractivity contribution in [1.82, 2.24) is 0 Å². The Hall–Kier alpha value is -2.18. The first-order valence-electron chi connectivity index (χ1n) is 9.62. The summed E-state index contributed by atoms with van der Waals surface area (Å²) in [5.74, 6) is 0. The molecule has 31 heavy (non-hydrogen) atoms. The normalized spacial score (nSPS) is 9.81. The molecule has 0 atom stereocenters. The molecular weight excluding hydrogens is 498 g/mol. The minimum atomic E-state index is 0. The molecule has 6 rings (SSSR count). The van der Waals surface area contributed by atoms with Crippen LogP contribution in [0.5, 0.6) is 0 Å². The van der Waals surface area contributed by atoms with Gasteiger partial charge in [-0.1, -0.05) is 77.7 Å². The van der Waals surface area contributed by atoms with E-state index in [2.05, 4.69) is 121 Å². The van der Waals surface area contributed by atoms with E-state index in [1.165, 1.54) is 43.4 Å². The van der Waals surface area contributed by atoms with Crippen LogP contribution in [0, 0.1) is 0 Å². The summed E-state index contributed by atoms with van der Waals surface area (Å²) in [7, 11) is 0. The summed E-state index contributed by atoms with van der Waals surface area (Å²) in [4.78, 5) is 0. The Morgan fingerprint density at radius 2 is 1.03 bits per heavy atom. The summed E-state index contributed by atoms with van der Waals surface area (Å²) in [5, 5.41) is 7.99. The predicted molar refractivity (Wildman–Crippen MR) is 122 cm³/mol. The minimum absolute atomic E-state index is 0. The van der Waals surface area contributed by atoms with Crippen LogP contribution in [0.3, 0.4) is 0 Å². The van der Waals surface area contributed by atoms with Gasteiger partial charge in [0.15, 0.2) is 0 Å². The smallest absolute Gasteiger partial charge is 1.00 e. The molecule has 6 aromatic rings. The standard InChI is InChI=1S/C15H11.C13H9.2ClH.Zr/c1-2-6-12(5-1)15-10-9-13-7-3-4-8-14(13)11-15;1-3-7-12-10(5-1)9-11-6-2-4-8-13(11)12;;;/h1-11H;1-9H;2*1H;/q2*-1;;;+4/p-2. The van der Waals surface area contributed by atoms with Crippen LogP contribution in [0.2, 0.25) is 0 Å². The number of fused-ring (bicyclic) bond motifs is 4. The average Bonchev–Trinajstić information content (AvgIpc) is 3.42. The molecule has 0 amide bonds. The molecule has 0 radical (unpaired) electrons. The third kappa shape index (κ3) is 5.36. The molecule has 0 aliphatic rings. The van der Waals surface area contributed by atoms with Crippen molar-refractivity contribution >= 4 is 32.3 Å². The third-order valence-electron chi connectivity index (χ3n) is 5.27. The van der Waals surface area contributed by atoms with E-state index >= 15 is 0 Å². The molecule has 150 valence electrons. The Kier molecular flexibility index (Phi) is 9.26. The van der Waals surface area contributed by atoms with E-state index in [0.29, 0.717) is 0 Å². The molecule has 0 aliphatic heterocycles. The fourth-order valence-corrected chi connectivity index (χ4v) is 3.84. The molecular formula is C28H20Cl2Zr. The number of benzene rings is 4. The summed E-state index contributed by atoms with van der Waals surface area (Å²) in [6.45, 7) is 0. The second kappa shape index (κ2) is 11.4. The van der Waals surface area contributed by atoms with Crippen LogP contribution in [-0.2, 0) is 26.2 Å². The Bertz CT molecular complexity index is 1310. The van der Waals surface area contributed by atoms with E-state index in [1.807, 2.05) is 0 Å². The maximum absolute atomic E-state index is 2.24. The van der Waals surface area contributed by atoms with Crippen molar-refractivity contribution in [3.8, 4) is 11.1 Å². The molecule has 0 bridgehead atoms. The molecule has 0 aromatic heterocycles. The van der Waals surface area contributed by atoms with Crippen molar-refractivity contribution in [3.63, 3.8) is 0 Å². The zero-order chi connectivity index (χ0) is 18.8. The van der Waals surface area contributed by atoms with Gasteiger partial charge >= 0.3 is 26.2 Å². The first-order chi connectivity index (χ1) is 13.9. The van der Waals surface area contributed by atoms with Crippen molar-refractivity contribution in [2.75, 3.05) is 0 Å². The molecule has 6 aromatic carbocycles. The SMILES string of the molecule is [Cl-].[Cl-].[Zr+4].c1ccc2c(c1)[cH-]c1ccccc12.c1ccc2cc(-[c-]3cccc3)ccc2c1. The zero-order valence-corrected chi connectivity index (χ0v) is 20.8. The van der Waals surface area contributed by atoms with Gasteiger partial charge in [-0.25, -0.2) is 0 Å². The van der Waals surface area contributed by atoms with Crippen LogP contribution in [0.1, 0.15) is 0 Å². The van der Waals surface area contributed by atoms with Gasteiger partial charge in [0, 0.05) is 0 Å². The quantitative estimate of drug-likeness (QED) is 0.292. The van der Waals surface area contributed by atoms with Crippen molar-refractivity contribution in [2.24, 2.45) is 0 Å². The monoisotopic (exact) mass is 516 g/mol. The van der Waals surface area contributed by atoms with E-state index in [-0.39, 0.29) is 51.0 Å². The number of rotatable bonds is 1. The summed E-state index contributed by atoms with van der Waals surface area (Å²) in [6.07, 6.45) is 0. The molecule has 0 fully saturated rings. The van der Waals surface area contributed by atoms with E-state index in [1.54, 1.807) is 0 Å². The Labute approximate surface area is 214 Å². The predicted octanol–water partition coefficient (Wildman–Crippen LogP) is 1.94. The fraction of sp³-hybridized carbons (Fsp3) is 0. The topological polar surface area (TPSA) is 0 Å². The summed E-state index contributed by atoms with van der Waals surface area (Å²) < 4.78 is 0. The molecule has 0 saturated carbocycles. The van der Waals surface area contributed by atoms with Crippen LogP contribution < -0.4 is 24.8 Å². The summed E-state index contributed by atoms with van der Waals surface area (Å²) in [6, 6.07) is 42.8. The summed E-state index contributed by atoms with van der Waals surface area (Å²) >= 11 is 0. The van der Waals surface area contributed by atoms with Gasteiger partial charge in [-0.15, -0.1) is 69.6 Å². The molecule has 0 heterocycles. The van der Waals surface area contributed by atoms with E-state index < -0.39 is 0 Å². The number of hydrogen-bond donors (Lipinski definition) is 0. The van der Waals surface area contributed by atoms with Gasteiger partial charge in [-0.3, -0.25) is 0 Å². The van der Waals surface area contributed by atoms with E-state index in [9.17, 15) is 0 Å². The second-order valence-electron chi connectivity index (χ2n) is 7.05. The van der Waals surface area contributed by atoms with Gasteiger partial charge in [-0.05, 0) is 5.39 Å². The van der Waals surface area contributed by atoms with Crippen LogP contribution in [0.15, 0.2) is 121 Å². The van der Waals surface area contributed by atoms with Gasteiger partial charge in [0.1, 0.15) is 0 Å². The number of halogens is 2. The number of hydrogen-bond acceptors (Lipinski definition) is 0. The molecule has 0 saturated heterocycles. The van der Waals surface area contributed by atoms with E-state index in [0.717, 1.165) is 0 Å². The fourth-order valence-electron chi connectivity index (χ4n) is 3.84. The van der Waals surface area contributed by atoms with Gasteiger partial charge in [0.05, 0.1) is 0 Å². The second-order valence-corrected chi connectivity index (χ2v) is 7.05. The molecule has 0 spiro atoms. The largest absolute Gasteiger partial charge is 4.00 e. The zero-order valence-electron chi connectivity index (χ0n) is 16.8. The van der Waals surface area contributed by atoms with Crippen molar-refractivity contribution in [1.29, 1.82) is 0 Å². The maximum atomic E-state index is 2.24.